The van der Waals surface area contributed by atoms with Crippen molar-refractivity contribution in [1.29, 1.82) is 0 Å². The molecule has 338 valence electrons. The molecule has 0 saturated heterocycles. The molecule has 60 heavy (non-hydrogen) atoms. The molecule has 0 aliphatic heterocycles. The summed E-state index contributed by atoms with van der Waals surface area (Å²) in [6.45, 7) is 14.5. The molecule has 0 radical (unpaired) electrons. The number of primary amides is 1. The zero-order chi connectivity index (χ0) is 45.9. The summed E-state index contributed by atoms with van der Waals surface area (Å²) in [7, 11) is 1.20. The standard InChI is InChI=1S/C41H67N7O12/c1-11-24(6)34(38(56)48-33(23(4)5)39(57)59-10)47-32(52)20-30(50)26(18-25-15-13-12-14-16-25)43-36(54)28(19-31(42)51)45-35(53)27(17-22(2)3)44-37(55)29(21-49)46-40(58)60-41(7,8)9/h12-16,22-24,26-30,33-34,49-50H,11,17-21H2,1-10H3,(H2,42,51)(H,43,54)(H,44,55)(H,45,53)(H,46,58)(H,47,52)(H,48,56)/t24-,26-,27-,28-,29-,30-,33-,34-/m0/s1. The molecule has 0 spiro atoms. The zero-order valence-electron chi connectivity index (χ0n) is 36.5. The van der Waals surface area contributed by atoms with Crippen molar-refractivity contribution in [1.82, 2.24) is 31.9 Å². The van der Waals surface area contributed by atoms with Gasteiger partial charge in [0.05, 0.1) is 38.7 Å². The van der Waals surface area contributed by atoms with Gasteiger partial charge in [0.25, 0.3) is 0 Å². The molecule has 10 N–H and O–H groups in total. The van der Waals surface area contributed by atoms with Crippen LogP contribution in [0.1, 0.15) is 93.6 Å². The lowest BCUT2D eigenvalue weighted by Crippen LogP contribution is -2.59. The Hall–Kier alpha value is -5.30. The molecule has 0 bridgehead atoms. The number of benzene rings is 1. The summed E-state index contributed by atoms with van der Waals surface area (Å²) < 4.78 is 9.97. The normalized spacial score (nSPS) is 15.4. The fourth-order valence-corrected chi connectivity index (χ4v) is 5.87. The fourth-order valence-electron chi connectivity index (χ4n) is 5.87. The van der Waals surface area contributed by atoms with Crippen molar-refractivity contribution in [3.63, 3.8) is 0 Å². The van der Waals surface area contributed by atoms with Crippen LogP contribution >= 0.6 is 0 Å². The molecule has 7 amide bonds. The van der Waals surface area contributed by atoms with Gasteiger partial charge in [0.1, 0.15) is 35.8 Å². The third-order valence-corrected chi connectivity index (χ3v) is 9.28. The monoisotopic (exact) mass is 849 g/mol. The second-order valence-electron chi connectivity index (χ2n) is 16.6. The van der Waals surface area contributed by atoms with Crippen molar-refractivity contribution in [2.24, 2.45) is 23.5 Å². The van der Waals surface area contributed by atoms with Gasteiger partial charge in [-0.3, -0.25) is 28.8 Å². The highest BCUT2D eigenvalue weighted by Gasteiger charge is 2.35. The summed E-state index contributed by atoms with van der Waals surface area (Å²) in [4.78, 5) is 104. The van der Waals surface area contributed by atoms with Gasteiger partial charge in [-0.15, -0.1) is 0 Å². The molecular formula is C41H67N7O12. The maximum absolute atomic E-state index is 13.9. The lowest BCUT2D eigenvalue weighted by molar-refractivity contribution is -0.147. The number of amides is 7. The van der Waals surface area contributed by atoms with Crippen LogP contribution in [0.15, 0.2) is 30.3 Å². The average Bonchev–Trinajstić information content (AvgIpc) is 3.15. The van der Waals surface area contributed by atoms with Gasteiger partial charge in [-0.1, -0.05) is 78.3 Å². The number of esters is 1. The summed E-state index contributed by atoms with van der Waals surface area (Å²) in [6, 6.07) is 0.957. The maximum atomic E-state index is 13.9. The number of hydrogen-bond acceptors (Lipinski definition) is 12. The molecule has 0 fully saturated rings. The van der Waals surface area contributed by atoms with Gasteiger partial charge in [0, 0.05) is 0 Å². The van der Waals surface area contributed by atoms with Crippen LogP contribution in [0.4, 0.5) is 4.79 Å². The number of nitrogens with two attached hydrogens (primary N) is 1. The highest BCUT2D eigenvalue weighted by Crippen LogP contribution is 2.15. The van der Waals surface area contributed by atoms with E-state index in [4.69, 9.17) is 15.2 Å². The predicted molar refractivity (Wildman–Crippen MR) is 220 cm³/mol. The number of aliphatic hydroxyl groups excluding tert-OH is 2. The van der Waals surface area contributed by atoms with Crippen molar-refractivity contribution in [3.8, 4) is 0 Å². The van der Waals surface area contributed by atoms with Gasteiger partial charge in [0.2, 0.25) is 35.4 Å². The summed E-state index contributed by atoms with van der Waals surface area (Å²) in [6.07, 6.45) is -3.35. The number of ether oxygens (including phenoxy) is 2. The van der Waals surface area contributed by atoms with Crippen LogP contribution in [0, 0.1) is 17.8 Å². The molecule has 1 aromatic rings. The number of carbonyl (C=O) groups is 8. The maximum Gasteiger partial charge on any atom is 0.408 e. The van der Waals surface area contributed by atoms with Crippen LogP contribution in [0.3, 0.4) is 0 Å². The summed E-state index contributed by atoms with van der Waals surface area (Å²) in [5.41, 5.74) is 5.21. The SMILES string of the molecule is CC[C@H](C)[C@H](NC(=O)C[C@H](O)[C@H](Cc1ccccc1)NC(=O)[C@H](CC(N)=O)NC(=O)[C@H](CC(C)C)NC(=O)[C@H](CO)NC(=O)OC(C)(C)C)C(=O)N[C@H](C(=O)OC)C(C)C. The largest absolute Gasteiger partial charge is 0.467 e. The van der Waals surface area contributed by atoms with Crippen LogP contribution in [-0.2, 0) is 49.5 Å². The minimum Gasteiger partial charge on any atom is -0.467 e. The lowest BCUT2D eigenvalue weighted by atomic mass is 9.95. The molecule has 0 heterocycles. The second kappa shape index (κ2) is 25.4. The van der Waals surface area contributed by atoms with Crippen molar-refractivity contribution >= 4 is 47.5 Å². The van der Waals surface area contributed by atoms with Crippen LogP contribution in [0.2, 0.25) is 0 Å². The Labute approximate surface area is 352 Å². The van der Waals surface area contributed by atoms with E-state index in [2.05, 4.69) is 31.9 Å². The molecule has 19 heteroatoms. The Morgan fingerprint density at radius 3 is 1.80 bits per heavy atom. The minimum absolute atomic E-state index is 0.0119. The van der Waals surface area contributed by atoms with E-state index >= 15 is 0 Å². The third-order valence-electron chi connectivity index (χ3n) is 9.28. The van der Waals surface area contributed by atoms with E-state index in [0.29, 0.717) is 12.0 Å². The van der Waals surface area contributed by atoms with E-state index in [1.807, 2.05) is 6.92 Å². The summed E-state index contributed by atoms with van der Waals surface area (Å²) in [5, 5.41) is 36.4. The Morgan fingerprint density at radius 1 is 0.733 bits per heavy atom. The molecule has 0 aliphatic carbocycles. The lowest BCUT2D eigenvalue weighted by Gasteiger charge is -2.29. The van der Waals surface area contributed by atoms with Crippen molar-refractivity contribution in [3.05, 3.63) is 35.9 Å². The Bertz CT molecular complexity index is 1600. The van der Waals surface area contributed by atoms with E-state index in [1.165, 1.54) is 7.11 Å². The Kier molecular flexibility index (Phi) is 22.3. The van der Waals surface area contributed by atoms with Gasteiger partial charge in [-0.05, 0) is 56.9 Å². The first-order valence-electron chi connectivity index (χ1n) is 20.1. The predicted octanol–water partition coefficient (Wildman–Crippen LogP) is 0.0863. The van der Waals surface area contributed by atoms with Crippen molar-refractivity contribution in [2.45, 2.75) is 142 Å². The zero-order valence-corrected chi connectivity index (χ0v) is 36.5. The third kappa shape index (κ3) is 19.2. The van der Waals surface area contributed by atoms with Crippen molar-refractivity contribution < 1.29 is 58.0 Å². The molecule has 0 aromatic heterocycles. The highest BCUT2D eigenvalue weighted by atomic mass is 16.6. The molecule has 1 rings (SSSR count). The molecular weight excluding hydrogens is 782 g/mol. The number of methoxy groups -OCH3 is 1. The van der Waals surface area contributed by atoms with E-state index in [1.54, 1.807) is 85.7 Å². The summed E-state index contributed by atoms with van der Waals surface area (Å²) in [5.74, 6) is -6.69. The number of aliphatic hydroxyl groups is 2. The van der Waals surface area contributed by atoms with E-state index < -0.39 is 121 Å². The number of carbonyl (C=O) groups excluding carboxylic acids is 8. The van der Waals surface area contributed by atoms with Crippen LogP contribution in [-0.4, -0.2) is 119 Å². The average molecular weight is 850 g/mol. The first-order chi connectivity index (χ1) is 27.9. The number of alkyl carbamates (subject to hydrolysis) is 1. The second-order valence-corrected chi connectivity index (χ2v) is 16.6. The molecule has 19 nitrogen and oxygen atoms in total. The molecule has 0 saturated carbocycles. The van der Waals surface area contributed by atoms with Gasteiger partial charge < -0.3 is 57.3 Å². The van der Waals surface area contributed by atoms with Gasteiger partial charge in [0.15, 0.2) is 0 Å². The first-order valence-corrected chi connectivity index (χ1v) is 20.1. The quantitative estimate of drug-likeness (QED) is 0.0626. The van der Waals surface area contributed by atoms with Gasteiger partial charge >= 0.3 is 12.1 Å². The smallest absolute Gasteiger partial charge is 0.408 e. The van der Waals surface area contributed by atoms with Gasteiger partial charge in [-0.2, -0.15) is 0 Å². The minimum atomic E-state index is -1.61. The van der Waals surface area contributed by atoms with Crippen molar-refractivity contribution in [2.75, 3.05) is 13.7 Å². The first kappa shape index (κ1) is 52.7. The van der Waals surface area contributed by atoms with E-state index in [0.717, 1.165) is 0 Å². The Balaban J connectivity index is 3.35. The molecule has 0 unspecified atom stereocenters. The number of rotatable bonds is 24. The number of hydrogen-bond donors (Lipinski definition) is 9. The molecule has 8 atom stereocenters. The molecule has 0 aliphatic rings. The fraction of sp³-hybridized carbons (Fsp3) is 0.659. The van der Waals surface area contributed by atoms with E-state index in [-0.39, 0.29) is 24.7 Å². The Morgan fingerprint density at radius 2 is 1.30 bits per heavy atom. The number of nitrogens with one attached hydrogen (secondary N) is 6. The molecule has 1 aromatic carbocycles. The van der Waals surface area contributed by atoms with Crippen LogP contribution in [0.25, 0.3) is 0 Å². The highest BCUT2D eigenvalue weighted by molar-refractivity contribution is 5.96. The van der Waals surface area contributed by atoms with E-state index in [9.17, 15) is 48.6 Å². The van der Waals surface area contributed by atoms with Crippen LogP contribution in [0.5, 0.6) is 0 Å². The van der Waals surface area contributed by atoms with Gasteiger partial charge in [-0.25, -0.2) is 9.59 Å². The van der Waals surface area contributed by atoms with Crippen LogP contribution < -0.4 is 37.6 Å². The summed E-state index contributed by atoms with van der Waals surface area (Å²) >= 11 is 0. The topological polar surface area (TPSA) is 294 Å².